The second kappa shape index (κ2) is 3.90. The number of hydrogen-bond donors (Lipinski definition) is 3. The minimum absolute atomic E-state index is 0.466. The van der Waals surface area contributed by atoms with E-state index < -0.39 is 0 Å². The van der Waals surface area contributed by atoms with E-state index in [4.69, 9.17) is 5.84 Å². The Bertz CT molecular complexity index is 380. The van der Waals surface area contributed by atoms with Gasteiger partial charge in [0, 0.05) is 12.2 Å². The normalized spacial score (nSPS) is 31.7. The van der Waals surface area contributed by atoms with E-state index in [-0.39, 0.29) is 0 Å². The van der Waals surface area contributed by atoms with Crippen LogP contribution in [0.3, 0.4) is 0 Å². The number of anilines is 2. The number of nitrogens with one attached hydrogen (secondary N) is 2. The van der Waals surface area contributed by atoms with Crippen molar-refractivity contribution in [3.63, 3.8) is 0 Å². The SMILES string of the molecule is NNc1nccc(NC2CC3CCC2C3)n1. The molecule has 1 aromatic heterocycles. The molecule has 1 heterocycles. The van der Waals surface area contributed by atoms with Crippen LogP contribution < -0.4 is 16.6 Å². The van der Waals surface area contributed by atoms with Crippen molar-refractivity contribution in [2.75, 3.05) is 10.7 Å². The summed E-state index contributed by atoms with van der Waals surface area (Å²) in [6.07, 6.45) is 7.19. The van der Waals surface area contributed by atoms with Crippen molar-refractivity contribution in [3.8, 4) is 0 Å². The van der Waals surface area contributed by atoms with Crippen molar-refractivity contribution in [2.45, 2.75) is 31.7 Å². The molecular formula is C11H17N5. The zero-order valence-electron chi connectivity index (χ0n) is 9.19. The summed E-state index contributed by atoms with van der Waals surface area (Å²) in [6.45, 7) is 0. The first-order valence-electron chi connectivity index (χ1n) is 5.91. The van der Waals surface area contributed by atoms with Gasteiger partial charge in [0.25, 0.3) is 0 Å². The summed E-state index contributed by atoms with van der Waals surface area (Å²) < 4.78 is 0. The largest absolute Gasteiger partial charge is 0.367 e. The molecule has 5 nitrogen and oxygen atoms in total. The van der Waals surface area contributed by atoms with Crippen LogP contribution in [-0.2, 0) is 0 Å². The van der Waals surface area contributed by atoms with Crippen LogP contribution in [0, 0.1) is 11.8 Å². The number of hydrazine groups is 1. The smallest absolute Gasteiger partial charge is 0.239 e. The van der Waals surface area contributed by atoms with Crippen LogP contribution >= 0.6 is 0 Å². The van der Waals surface area contributed by atoms with E-state index in [1.165, 1.54) is 25.7 Å². The molecule has 2 fully saturated rings. The second-order valence-electron chi connectivity index (χ2n) is 4.84. The van der Waals surface area contributed by atoms with Crippen LogP contribution in [0.1, 0.15) is 25.7 Å². The van der Waals surface area contributed by atoms with Gasteiger partial charge in [-0.1, -0.05) is 6.42 Å². The number of rotatable bonds is 3. The van der Waals surface area contributed by atoms with Crippen LogP contribution in [0.15, 0.2) is 12.3 Å². The standard InChI is InChI=1S/C11H17N5/c12-16-11-13-4-3-10(15-11)14-9-6-7-1-2-8(9)5-7/h3-4,7-9H,1-2,5-6,12H2,(H2,13,14,15,16). The minimum atomic E-state index is 0.466. The molecule has 4 N–H and O–H groups in total. The number of aromatic nitrogens is 2. The molecule has 2 bridgehead atoms. The van der Waals surface area contributed by atoms with E-state index in [1.807, 2.05) is 6.07 Å². The van der Waals surface area contributed by atoms with E-state index >= 15 is 0 Å². The minimum Gasteiger partial charge on any atom is -0.367 e. The van der Waals surface area contributed by atoms with E-state index in [0.717, 1.165) is 17.7 Å². The third-order valence-corrected chi connectivity index (χ3v) is 3.86. The molecule has 1 aromatic rings. The van der Waals surface area contributed by atoms with Gasteiger partial charge in [0.15, 0.2) is 0 Å². The lowest BCUT2D eigenvalue weighted by molar-refractivity contribution is 0.439. The maximum absolute atomic E-state index is 5.28. The molecule has 0 amide bonds. The summed E-state index contributed by atoms with van der Waals surface area (Å²) in [5.41, 5.74) is 2.46. The maximum Gasteiger partial charge on any atom is 0.239 e. The fraction of sp³-hybridized carbons (Fsp3) is 0.636. The summed E-state index contributed by atoms with van der Waals surface area (Å²) in [5, 5.41) is 3.50. The molecule has 86 valence electrons. The van der Waals surface area contributed by atoms with Crippen LogP contribution in [0.5, 0.6) is 0 Å². The number of fused-ring (bicyclic) bond motifs is 2. The lowest BCUT2D eigenvalue weighted by Crippen LogP contribution is -2.26. The molecule has 2 aliphatic rings. The fourth-order valence-corrected chi connectivity index (χ4v) is 3.12. The van der Waals surface area contributed by atoms with Crippen molar-refractivity contribution in [2.24, 2.45) is 17.7 Å². The third kappa shape index (κ3) is 1.71. The maximum atomic E-state index is 5.28. The van der Waals surface area contributed by atoms with Crippen LogP contribution in [0.2, 0.25) is 0 Å². The van der Waals surface area contributed by atoms with Crippen LogP contribution in [-0.4, -0.2) is 16.0 Å². The second-order valence-corrected chi connectivity index (χ2v) is 4.84. The molecule has 3 unspecified atom stereocenters. The van der Waals surface area contributed by atoms with Gasteiger partial charge in [-0.25, -0.2) is 10.8 Å². The molecule has 0 spiro atoms. The quantitative estimate of drug-likeness (QED) is 0.528. The highest BCUT2D eigenvalue weighted by atomic mass is 15.3. The first-order chi connectivity index (χ1) is 7.85. The molecule has 2 saturated carbocycles. The Hall–Kier alpha value is -1.36. The molecule has 0 aliphatic heterocycles. The van der Waals surface area contributed by atoms with Gasteiger partial charge in [-0.3, -0.25) is 5.43 Å². The Morgan fingerprint density at radius 3 is 2.94 bits per heavy atom. The van der Waals surface area contributed by atoms with Crippen molar-refractivity contribution >= 4 is 11.8 Å². The Morgan fingerprint density at radius 1 is 1.31 bits per heavy atom. The van der Waals surface area contributed by atoms with E-state index in [0.29, 0.717) is 12.0 Å². The van der Waals surface area contributed by atoms with Gasteiger partial charge in [0.05, 0.1) is 0 Å². The van der Waals surface area contributed by atoms with Gasteiger partial charge in [-0.15, -0.1) is 0 Å². The summed E-state index contributed by atoms with van der Waals surface area (Å²) in [6, 6.07) is 2.49. The number of nitrogen functional groups attached to an aromatic ring is 1. The molecule has 0 radical (unpaired) electrons. The third-order valence-electron chi connectivity index (χ3n) is 3.86. The monoisotopic (exact) mass is 219 g/mol. The van der Waals surface area contributed by atoms with Crippen molar-refractivity contribution < 1.29 is 0 Å². The van der Waals surface area contributed by atoms with Gasteiger partial charge in [0.2, 0.25) is 5.95 Å². The summed E-state index contributed by atoms with van der Waals surface area (Å²) in [5.74, 6) is 8.41. The molecule has 5 heteroatoms. The van der Waals surface area contributed by atoms with E-state index in [9.17, 15) is 0 Å². The predicted molar refractivity (Wildman–Crippen MR) is 62.7 cm³/mol. The number of hydrogen-bond acceptors (Lipinski definition) is 5. The first-order valence-corrected chi connectivity index (χ1v) is 5.91. The molecule has 0 aromatic carbocycles. The van der Waals surface area contributed by atoms with E-state index in [2.05, 4.69) is 20.7 Å². The summed E-state index contributed by atoms with van der Waals surface area (Å²) >= 11 is 0. The zero-order chi connectivity index (χ0) is 11.0. The topological polar surface area (TPSA) is 75.9 Å². The Balaban J connectivity index is 1.69. The molecule has 2 aliphatic carbocycles. The predicted octanol–water partition coefficient (Wildman–Crippen LogP) is 1.36. The Labute approximate surface area is 94.8 Å². The van der Waals surface area contributed by atoms with E-state index in [1.54, 1.807) is 6.20 Å². The fourth-order valence-electron chi connectivity index (χ4n) is 3.12. The highest BCUT2D eigenvalue weighted by molar-refractivity contribution is 5.40. The molecule has 0 saturated heterocycles. The van der Waals surface area contributed by atoms with Gasteiger partial charge in [-0.05, 0) is 37.2 Å². The lowest BCUT2D eigenvalue weighted by atomic mass is 9.95. The van der Waals surface area contributed by atoms with Gasteiger partial charge in [0.1, 0.15) is 5.82 Å². The van der Waals surface area contributed by atoms with Crippen LogP contribution in [0.25, 0.3) is 0 Å². The highest BCUT2D eigenvalue weighted by Gasteiger charge is 2.39. The summed E-state index contributed by atoms with van der Waals surface area (Å²) in [4.78, 5) is 8.27. The molecule has 3 atom stereocenters. The number of nitrogens with zero attached hydrogens (tertiary/aromatic N) is 2. The lowest BCUT2D eigenvalue weighted by Gasteiger charge is -2.23. The Kier molecular flexibility index (Phi) is 2.40. The van der Waals surface area contributed by atoms with Gasteiger partial charge >= 0.3 is 0 Å². The first kappa shape index (κ1) is 9.84. The zero-order valence-corrected chi connectivity index (χ0v) is 9.19. The van der Waals surface area contributed by atoms with Gasteiger partial charge < -0.3 is 5.32 Å². The molecule has 16 heavy (non-hydrogen) atoms. The Morgan fingerprint density at radius 2 is 2.25 bits per heavy atom. The average Bonchev–Trinajstić information content (AvgIpc) is 2.91. The van der Waals surface area contributed by atoms with Crippen molar-refractivity contribution in [1.29, 1.82) is 0 Å². The van der Waals surface area contributed by atoms with Crippen LogP contribution in [0.4, 0.5) is 11.8 Å². The van der Waals surface area contributed by atoms with Crippen molar-refractivity contribution in [1.82, 2.24) is 9.97 Å². The molecule has 3 rings (SSSR count). The highest BCUT2D eigenvalue weighted by Crippen LogP contribution is 2.45. The number of nitrogens with two attached hydrogens (primary N) is 1. The average molecular weight is 219 g/mol. The molecular weight excluding hydrogens is 202 g/mol. The van der Waals surface area contributed by atoms with Crippen molar-refractivity contribution in [3.05, 3.63) is 12.3 Å². The summed E-state index contributed by atoms with van der Waals surface area (Å²) in [7, 11) is 0. The van der Waals surface area contributed by atoms with Gasteiger partial charge in [-0.2, -0.15) is 4.98 Å².